The van der Waals surface area contributed by atoms with Gasteiger partial charge in [0.15, 0.2) is 0 Å². The third-order valence-corrected chi connectivity index (χ3v) is 4.05. The Bertz CT molecular complexity index is 422. The van der Waals surface area contributed by atoms with E-state index in [-0.39, 0.29) is 0 Å². The first-order valence-electron chi connectivity index (χ1n) is 5.46. The van der Waals surface area contributed by atoms with Crippen LogP contribution in [-0.2, 0) is 6.42 Å². The van der Waals surface area contributed by atoms with Crippen molar-refractivity contribution in [1.29, 1.82) is 0 Å². The van der Waals surface area contributed by atoms with Gasteiger partial charge < -0.3 is 5.32 Å². The first kappa shape index (κ1) is 11.5. The van der Waals surface area contributed by atoms with Crippen LogP contribution in [0.2, 0.25) is 0 Å². The van der Waals surface area contributed by atoms with Gasteiger partial charge in [0, 0.05) is 22.8 Å². The van der Waals surface area contributed by atoms with Gasteiger partial charge in [-0.3, -0.25) is 0 Å². The minimum absolute atomic E-state index is 0.359. The van der Waals surface area contributed by atoms with Crippen molar-refractivity contribution in [3.05, 3.63) is 28.2 Å². The van der Waals surface area contributed by atoms with Crippen LogP contribution in [-0.4, -0.2) is 9.36 Å². The zero-order valence-electron chi connectivity index (χ0n) is 9.43. The summed E-state index contributed by atoms with van der Waals surface area (Å²) in [5.74, 6) is 0.925. The lowest BCUT2D eigenvalue weighted by Crippen LogP contribution is -2.07. The van der Waals surface area contributed by atoms with Crippen LogP contribution >= 0.6 is 22.9 Å². The van der Waals surface area contributed by atoms with Gasteiger partial charge in [-0.2, -0.15) is 4.37 Å². The molecule has 3 nitrogen and oxygen atoms in total. The molecule has 1 N–H and O–H groups in total. The molecule has 1 unspecified atom stereocenters. The number of hydrogen-bond donors (Lipinski definition) is 1. The van der Waals surface area contributed by atoms with Gasteiger partial charge in [0.1, 0.15) is 5.82 Å². The number of aromatic nitrogens is 2. The summed E-state index contributed by atoms with van der Waals surface area (Å²) in [4.78, 5) is 5.78. The Labute approximate surface area is 104 Å². The molecule has 0 spiro atoms. The highest BCUT2D eigenvalue weighted by Crippen LogP contribution is 2.26. The first-order chi connectivity index (χ1) is 7.83. The van der Waals surface area contributed by atoms with Crippen molar-refractivity contribution < 1.29 is 0 Å². The lowest BCUT2D eigenvalue weighted by molar-refractivity contribution is 0.761. The molecule has 0 aromatic carbocycles. The highest BCUT2D eigenvalue weighted by atomic mass is 32.1. The predicted octanol–water partition coefficient (Wildman–Crippen LogP) is 3.73. The summed E-state index contributed by atoms with van der Waals surface area (Å²) < 4.78 is 4.27. The van der Waals surface area contributed by atoms with Crippen LogP contribution in [0.3, 0.4) is 0 Å². The fraction of sp³-hybridized carbons (Fsp3) is 0.455. The first-order valence-corrected chi connectivity index (χ1v) is 7.11. The van der Waals surface area contributed by atoms with Crippen LogP contribution < -0.4 is 5.32 Å². The Morgan fingerprint density at radius 3 is 2.88 bits per heavy atom. The molecule has 2 aromatic heterocycles. The molecule has 0 bridgehead atoms. The molecule has 0 saturated carbocycles. The Kier molecular flexibility index (Phi) is 3.90. The molecule has 0 aliphatic rings. The van der Waals surface area contributed by atoms with Crippen molar-refractivity contribution in [3.63, 3.8) is 0 Å². The lowest BCUT2D eigenvalue weighted by Gasteiger charge is -2.13. The van der Waals surface area contributed by atoms with Gasteiger partial charge in [0.25, 0.3) is 0 Å². The Morgan fingerprint density at radius 2 is 2.31 bits per heavy atom. The number of thiophene rings is 1. The minimum Gasteiger partial charge on any atom is -0.353 e. The highest BCUT2D eigenvalue weighted by molar-refractivity contribution is 7.10. The molecule has 16 heavy (non-hydrogen) atoms. The molecule has 0 fully saturated rings. The van der Waals surface area contributed by atoms with Crippen LogP contribution in [0.4, 0.5) is 5.13 Å². The van der Waals surface area contributed by atoms with Crippen molar-refractivity contribution in [1.82, 2.24) is 9.36 Å². The topological polar surface area (TPSA) is 37.8 Å². The van der Waals surface area contributed by atoms with Crippen LogP contribution in [0.15, 0.2) is 17.5 Å². The molecule has 2 rings (SSSR count). The third kappa shape index (κ3) is 2.59. The van der Waals surface area contributed by atoms with Crippen molar-refractivity contribution >= 4 is 28.0 Å². The van der Waals surface area contributed by atoms with Gasteiger partial charge in [-0.05, 0) is 17.9 Å². The summed E-state index contributed by atoms with van der Waals surface area (Å²) in [5, 5.41) is 6.48. The zero-order chi connectivity index (χ0) is 11.4. The second kappa shape index (κ2) is 5.41. The van der Waals surface area contributed by atoms with Crippen LogP contribution in [0.5, 0.6) is 0 Å². The van der Waals surface area contributed by atoms with E-state index in [1.54, 1.807) is 11.3 Å². The second-order valence-electron chi connectivity index (χ2n) is 3.49. The normalized spacial score (nSPS) is 12.6. The standard InChI is InChI=1S/C11H15N3S2/c1-3-8(9-6-5-7-15-9)12-11-13-10(4-2)14-16-11/h5-8H,3-4H2,1-2H3,(H,12,13,14). The van der Waals surface area contributed by atoms with E-state index in [0.29, 0.717) is 6.04 Å². The van der Waals surface area contributed by atoms with Crippen molar-refractivity contribution in [2.75, 3.05) is 5.32 Å². The lowest BCUT2D eigenvalue weighted by atomic mass is 10.2. The summed E-state index contributed by atoms with van der Waals surface area (Å²) in [7, 11) is 0. The van der Waals surface area contributed by atoms with E-state index >= 15 is 0 Å². The summed E-state index contributed by atoms with van der Waals surface area (Å²) in [5.41, 5.74) is 0. The van der Waals surface area contributed by atoms with Gasteiger partial charge in [-0.1, -0.05) is 19.9 Å². The smallest absolute Gasteiger partial charge is 0.203 e. The van der Waals surface area contributed by atoms with Crippen molar-refractivity contribution in [2.45, 2.75) is 32.7 Å². The van der Waals surface area contributed by atoms with E-state index in [2.05, 4.69) is 46.0 Å². The SMILES string of the molecule is CCc1nsc(NC(CC)c2cccs2)n1. The van der Waals surface area contributed by atoms with Gasteiger partial charge in [-0.25, -0.2) is 4.98 Å². The Hall–Kier alpha value is -0.940. The Balaban J connectivity index is 2.07. The van der Waals surface area contributed by atoms with E-state index in [1.165, 1.54) is 16.4 Å². The van der Waals surface area contributed by atoms with E-state index in [4.69, 9.17) is 0 Å². The second-order valence-corrected chi connectivity index (χ2v) is 5.22. The van der Waals surface area contributed by atoms with Crippen LogP contribution in [0, 0.1) is 0 Å². The monoisotopic (exact) mass is 253 g/mol. The average Bonchev–Trinajstić information content (AvgIpc) is 2.96. The van der Waals surface area contributed by atoms with Crippen molar-refractivity contribution in [2.24, 2.45) is 0 Å². The molecule has 2 aromatic rings. The maximum absolute atomic E-state index is 4.43. The van der Waals surface area contributed by atoms with Crippen molar-refractivity contribution in [3.8, 4) is 0 Å². The fourth-order valence-corrected chi connectivity index (χ4v) is 3.03. The fourth-order valence-electron chi connectivity index (χ4n) is 1.47. The van der Waals surface area contributed by atoms with E-state index in [0.717, 1.165) is 23.8 Å². The third-order valence-electron chi connectivity index (χ3n) is 2.38. The van der Waals surface area contributed by atoms with E-state index in [1.807, 2.05) is 0 Å². The van der Waals surface area contributed by atoms with Gasteiger partial charge in [0.2, 0.25) is 5.13 Å². The predicted molar refractivity (Wildman–Crippen MR) is 70.3 cm³/mol. The molecule has 0 saturated heterocycles. The van der Waals surface area contributed by atoms with Gasteiger partial charge in [0.05, 0.1) is 6.04 Å². The van der Waals surface area contributed by atoms with E-state index < -0.39 is 0 Å². The molecule has 0 aliphatic heterocycles. The molecular formula is C11H15N3S2. The highest BCUT2D eigenvalue weighted by Gasteiger charge is 2.12. The van der Waals surface area contributed by atoms with Crippen LogP contribution in [0.25, 0.3) is 0 Å². The summed E-state index contributed by atoms with van der Waals surface area (Å²) in [6, 6.07) is 4.60. The largest absolute Gasteiger partial charge is 0.353 e. The Morgan fingerprint density at radius 1 is 1.44 bits per heavy atom. The number of nitrogens with zero attached hydrogens (tertiary/aromatic N) is 2. The van der Waals surface area contributed by atoms with Gasteiger partial charge in [-0.15, -0.1) is 11.3 Å². The van der Waals surface area contributed by atoms with Crippen LogP contribution in [0.1, 0.15) is 37.0 Å². The summed E-state index contributed by atoms with van der Waals surface area (Å²) in [6.45, 7) is 4.25. The number of hydrogen-bond acceptors (Lipinski definition) is 5. The minimum atomic E-state index is 0.359. The maximum atomic E-state index is 4.43. The molecule has 0 radical (unpaired) electrons. The molecule has 1 atom stereocenters. The maximum Gasteiger partial charge on any atom is 0.203 e. The molecule has 2 heterocycles. The zero-order valence-corrected chi connectivity index (χ0v) is 11.1. The molecule has 0 amide bonds. The molecule has 0 aliphatic carbocycles. The molecule has 86 valence electrons. The number of aryl methyl sites for hydroxylation is 1. The molecular weight excluding hydrogens is 238 g/mol. The number of rotatable bonds is 5. The molecule has 5 heteroatoms. The number of nitrogens with one attached hydrogen (secondary N) is 1. The summed E-state index contributed by atoms with van der Waals surface area (Å²) >= 11 is 3.23. The van der Waals surface area contributed by atoms with E-state index in [9.17, 15) is 0 Å². The summed E-state index contributed by atoms with van der Waals surface area (Å²) in [6.07, 6.45) is 1.95. The van der Waals surface area contributed by atoms with Gasteiger partial charge >= 0.3 is 0 Å². The number of anilines is 1. The quantitative estimate of drug-likeness (QED) is 0.882. The average molecular weight is 253 g/mol.